The first-order valence-electron chi connectivity index (χ1n) is 6.41. The van der Waals surface area contributed by atoms with E-state index in [1.807, 2.05) is 18.0 Å². The lowest BCUT2D eigenvalue weighted by Crippen LogP contribution is -2.16. The second-order valence-electron chi connectivity index (χ2n) is 4.69. The first-order valence-corrected chi connectivity index (χ1v) is 8.79. The van der Waals surface area contributed by atoms with E-state index in [4.69, 9.17) is 5.11 Å². The highest BCUT2D eigenvalue weighted by molar-refractivity contribution is 7.99. The van der Waals surface area contributed by atoms with E-state index in [-0.39, 0.29) is 5.75 Å². The van der Waals surface area contributed by atoms with Crippen molar-refractivity contribution in [1.82, 2.24) is 9.55 Å². The molecule has 0 saturated heterocycles. The number of aromatic nitrogens is 2. The Hall–Kier alpha value is -0.620. The number of carboxylic acids is 1. The van der Waals surface area contributed by atoms with Gasteiger partial charge >= 0.3 is 5.97 Å². The van der Waals surface area contributed by atoms with Crippen LogP contribution in [0.25, 0.3) is 0 Å². The molecule has 0 aliphatic carbocycles. The standard InChI is InChI=1S/C13H22N2O2S2/c1-5-10(7-18-4)15-11(9(2)3)6-14-13(15)19-8-12(16)17/h6,9-10H,5,7-8H2,1-4H3,(H,16,17). The quantitative estimate of drug-likeness (QED) is 0.745. The fourth-order valence-electron chi connectivity index (χ4n) is 1.95. The Balaban J connectivity index is 3.06. The molecule has 0 bridgehead atoms. The van der Waals surface area contributed by atoms with Gasteiger partial charge in [-0.1, -0.05) is 32.5 Å². The smallest absolute Gasteiger partial charge is 0.313 e. The van der Waals surface area contributed by atoms with Gasteiger partial charge in [0, 0.05) is 23.7 Å². The molecule has 1 aromatic heterocycles. The summed E-state index contributed by atoms with van der Waals surface area (Å²) in [4.78, 5) is 15.1. The number of carboxylic acid groups (broad SMARTS) is 1. The largest absolute Gasteiger partial charge is 0.481 e. The molecule has 1 heterocycles. The second-order valence-corrected chi connectivity index (χ2v) is 6.54. The van der Waals surface area contributed by atoms with Crippen LogP contribution in [-0.4, -0.2) is 38.4 Å². The Morgan fingerprint density at radius 3 is 2.68 bits per heavy atom. The summed E-state index contributed by atoms with van der Waals surface area (Å²) in [5.41, 5.74) is 1.19. The normalized spacial score (nSPS) is 12.9. The molecule has 0 aromatic carbocycles. The molecule has 0 saturated carbocycles. The van der Waals surface area contributed by atoms with Gasteiger partial charge in [0.2, 0.25) is 0 Å². The van der Waals surface area contributed by atoms with Gasteiger partial charge in [0.25, 0.3) is 0 Å². The van der Waals surface area contributed by atoms with Crippen LogP contribution in [0.4, 0.5) is 0 Å². The predicted molar refractivity (Wildman–Crippen MR) is 82.4 cm³/mol. The van der Waals surface area contributed by atoms with E-state index in [1.54, 1.807) is 0 Å². The van der Waals surface area contributed by atoms with Crippen LogP contribution in [-0.2, 0) is 4.79 Å². The SMILES string of the molecule is CCC(CSC)n1c(C(C)C)cnc1SCC(=O)O. The van der Waals surface area contributed by atoms with Crippen molar-refractivity contribution in [1.29, 1.82) is 0 Å². The fourth-order valence-corrected chi connectivity index (χ4v) is 3.49. The van der Waals surface area contributed by atoms with Crippen molar-refractivity contribution in [3.05, 3.63) is 11.9 Å². The maximum Gasteiger partial charge on any atom is 0.313 e. The Kier molecular flexibility index (Phi) is 6.79. The van der Waals surface area contributed by atoms with Gasteiger partial charge in [-0.05, 0) is 18.6 Å². The van der Waals surface area contributed by atoms with Crippen molar-refractivity contribution in [3.8, 4) is 0 Å². The van der Waals surface area contributed by atoms with Crippen LogP contribution >= 0.6 is 23.5 Å². The molecule has 1 N–H and O–H groups in total. The molecular weight excluding hydrogens is 280 g/mol. The topological polar surface area (TPSA) is 55.1 Å². The van der Waals surface area contributed by atoms with Gasteiger partial charge in [0.05, 0.1) is 5.75 Å². The van der Waals surface area contributed by atoms with Gasteiger partial charge in [-0.25, -0.2) is 4.98 Å². The summed E-state index contributed by atoms with van der Waals surface area (Å²) in [6, 6.07) is 0.381. The van der Waals surface area contributed by atoms with E-state index in [9.17, 15) is 4.79 Å². The number of nitrogens with zero attached hydrogens (tertiary/aromatic N) is 2. The second kappa shape index (κ2) is 7.85. The highest BCUT2D eigenvalue weighted by Crippen LogP contribution is 2.30. The van der Waals surface area contributed by atoms with Gasteiger partial charge in [0.15, 0.2) is 5.16 Å². The minimum Gasteiger partial charge on any atom is -0.481 e. The van der Waals surface area contributed by atoms with Gasteiger partial charge in [-0.3, -0.25) is 4.79 Å². The van der Waals surface area contributed by atoms with Gasteiger partial charge in [-0.2, -0.15) is 11.8 Å². The van der Waals surface area contributed by atoms with Crippen LogP contribution in [0.1, 0.15) is 44.8 Å². The summed E-state index contributed by atoms with van der Waals surface area (Å²) in [6.45, 7) is 6.45. The van der Waals surface area contributed by atoms with Gasteiger partial charge < -0.3 is 9.67 Å². The zero-order valence-electron chi connectivity index (χ0n) is 11.9. The Bertz CT molecular complexity index is 419. The number of rotatable bonds is 8. The van der Waals surface area contributed by atoms with Crippen molar-refractivity contribution in [2.45, 2.75) is 44.3 Å². The molecule has 6 heteroatoms. The number of hydrogen-bond acceptors (Lipinski definition) is 4. The molecule has 0 radical (unpaired) electrons. The highest BCUT2D eigenvalue weighted by atomic mass is 32.2. The first-order chi connectivity index (χ1) is 9.01. The molecular formula is C13H22N2O2S2. The molecule has 0 amide bonds. The average molecular weight is 302 g/mol. The first kappa shape index (κ1) is 16.4. The number of hydrogen-bond donors (Lipinski definition) is 1. The molecule has 0 spiro atoms. The fraction of sp³-hybridized carbons (Fsp3) is 0.692. The third-order valence-corrected chi connectivity index (χ3v) is 4.57. The molecule has 0 fully saturated rings. The maximum atomic E-state index is 10.7. The zero-order chi connectivity index (χ0) is 14.4. The summed E-state index contributed by atoms with van der Waals surface area (Å²) in [5.74, 6) is 0.670. The molecule has 0 aliphatic rings. The Labute approximate surface area is 123 Å². The monoisotopic (exact) mass is 302 g/mol. The van der Waals surface area contributed by atoms with E-state index in [1.165, 1.54) is 17.5 Å². The van der Waals surface area contributed by atoms with Crippen LogP contribution in [0.2, 0.25) is 0 Å². The summed E-state index contributed by atoms with van der Waals surface area (Å²) in [7, 11) is 0. The lowest BCUT2D eigenvalue weighted by Gasteiger charge is -2.22. The van der Waals surface area contributed by atoms with Crippen molar-refractivity contribution in [2.24, 2.45) is 0 Å². The number of imidazole rings is 1. The predicted octanol–water partition coefficient (Wildman–Crippen LogP) is 3.50. The summed E-state index contributed by atoms with van der Waals surface area (Å²) < 4.78 is 2.23. The molecule has 1 unspecified atom stereocenters. The van der Waals surface area contributed by atoms with E-state index in [0.29, 0.717) is 12.0 Å². The van der Waals surface area contributed by atoms with Gasteiger partial charge in [0.1, 0.15) is 0 Å². The van der Waals surface area contributed by atoms with Crippen LogP contribution in [0.3, 0.4) is 0 Å². The van der Waals surface area contributed by atoms with E-state index >= 15 is 0 Å². The molecule has 108 valence electrons. The van der Waals surface area contributed by atoms with Crippen molar-refractivity contribution >= 4 is 29.5 Å². The molecule has 4 nitrogen and oxygen atoms in total. The molecule has 0 aliphatic heterocycles. The van der Waals surface area contributed by atoms with Crippen LogP contribution in [0.15, 0.2) is 11.4 Å². The zero-order valence-corrected chi connectivity index (χ0v) is 13.6. The lowest BCUT2D eigenvalue weighted by atomic mass is 10.1. The lowest BCUT2D eigenvalue weighted by molar-refractivity contribution is -0.133. The van der Waals surface area contributed by atoms with E-state index < -0.39 is 5.97 Å². The van der Waals surface area contributed by atoms with E-state index in [0.717, 1.165) is 17.3 Å². The van der Waals surface area contributed by atoms with Crippen molar-refractivity contribution in [3.63, 3.8) is 0 Å². The number of aliphatic carboxylic acids is 1. The minimum absolute atomic E-state index is 0.0598. The molecule has 1 aromatic rings. The van der Waals surface area contributed by atoms with Crippen LogP contribution in [0, 0.1) is 0 Å². The number of carbonyl (C=O) groups is 1. The molecule has 1 rings (SSSR count). The average Bonchev–Trinajstić information content (AvgIpc) is 2.77. The number of thioether (sulfide) groups is 2. The highest BCUT2D eigenvalue weighted by Gasteiger charge is 2.20. The summed E-state index contributed by atoms with van der Waals surface area (Å²) >= 11 is 3.12. The van der Waals surface area contributed by atoms with Crippen LogP contribution < -0.4 is 0 Å². The van der Waals surface area contributed by atoms with E-state index in [2.05, 4.69) is 36.6 Å². The van der Waals surface area contributed by atoms with Crippen molar-refractivity contribution < 1.29 is 9.90 Å². The van der Waals surface area contributed by atoms with Crippen molar-refractivity contribution in [2.75, 3.05) is 17.8 Å². The minimum atomic E-state index is -0.802. The third-order valence-electron chi connectivity index (χ3n) is 2.90. The summed E-state index contributed by atoms with van der Waals surface area (Å²) in [6.07, 6.45) is 5.01. The maximum absolute atomic E-state index is 10.7. The Morgan fingerprint density at radius 2 is 2.21 bits per heavy atom. The summed E-state index contributed by atoms with van der Waals surface area (Å²) in [5, 5.41) is 9.64. The van der Waals surface area contributed by atoms with Gasteiger partial charge in [-0.15, -0.1) is 0 Å². The third kappa shape index (κ3) is 4.45. The Morgan fingerprint density at radius 1 is 1.53 bits per heavy atom. The molecule has 1 atom stereocenters. The van der Waals surface area contributed by atoms with Crippen LogP contribution in [0.5, 0.6) is 0 Å². The molecule has 19 heavy (non-hydrogen) atoms.